The van der Waals surface area contributed by atoms with Gasteiger partial charge < -0.3 is 20.3 Å². The third-order valence-electron chi connectivity index (χ3n) is 3.83. The molecule has 1 heterocycles. The van der Waals surface area contributed by atoms with Crippen LogP contribution in [-0.2, 0) is 4.74 Å². The molecule has 1 aliphatic heterocycles. The van der Waals surface area contributed by atoms with Gasteiger partial charge in [0, 0.05) is 11.0 Å². The standard InChI is InChI=1S/C17H25NO3/c1-16(2,3)15-14(21-9-17(15,4)5)10-7-11(19)13(18)12(8-10)20-6/h7-8,19H,9,18H2,1-6H3. The number of benzene rings is 1. The second-order valence-corrected chi connectivity index (χ2v) is 7.24. The number of hydrogen-bond acceptors (Lipinski definition) is 4. The molecule has 1 aromatic carbocycles. The van der Waals surface area contributed by atoms with Crippen LogP contribution in [0.15, 0.2) is 17.7 Å². The zero-order valence-corrected chi connectivity index (χ0v) is 13.7. The Labute approximate surface area is 126 Å². The SMILES string of the molecule is COc1cc(C2=C(C(C)(C)C)C(C)(C)CO2)cc(O)c1N. The van der Waals surface area contributed by atoms with Crippen LogP contribution in [0.3, 0.4) is 0 Å². The van der Waals surface area contributed by atoms with Crippen molar-refractivity contribution in [3.05, 3.63) is 23.3 Å². The lowest BCUT2D eigenvalue weighted by atomic mass is 9.71. The van der Waals surface area contributed by atoms with Crippen molar-refractivity contribution in [2.45, 2.75) is 34.6 Å². The Morgan fingerprint density at radius 1 is 1.29 bits per heavy atom. The number of hydrogen-bond donors (Lipinski definition) is 2. The number of phenolic OH excluding ortho intramolecular Hbond substituents is 1. The summed E-state index contributed by atoms with van der Waals surface area (Å²) in [5.41, 5.74) is 8.01. The molecule has 3 N–H and O–H groups in total. The van der Waals surface area contributed by atoms with Crippen LogP contribution in [0.1, 0.15) is 40.2 Å². The van der Waals surface area contributed by atoms with Crippen molar-refractivity contribution >= 4 is 11.4 Å². The first-order chi connectivity index (χ1) is 9.58. The number of nitrogens with two attached hydrogens (primary N) is 1. The van der Waals surface area contributed by atoms with E-state index in [0.29, 0.717) is 12.4 Å². The second kappa shape index (κ2) is 4.86. The van der Waals surface area contributed by atoms with E-state index in [-0.39, 0.29) is 22.3 Å². The lowest BCUT2D eigenvalue weighted by Crippen LogP contribution is -2.24. The summed E-state index contributed by atoms with van der Waals surface area (Å²) in [6.07, 6.45) is 0. The van der Waals surface area contributed by atoms with Gasteiger partial charge in [0.15, 0.2) is 0 Å². The molecule has 0 fully saturated rings. The predicted octanol–water partition coefficient (Wildman–Crippen LogP) is 3.80. The van der Waals surface area contributed by atoms with Crippen LogP contribution in [0.5, 0.6) is 11.5 Å². The maximum absolute atomic E-state index is 10.0. The smallest absolute Gasteiger partial charge is 0.146 e. The van der Waals surface area contributed by atoms with Crippen molar-refractivity contribution in [1.29, 1.82) is 0 Å². The van der Waals surface area contributed by atoms with Crippen molar-refractivity contribution in [3.8, 4) is 11.5 Å². The number of phenols is 1. The first-order valence-electron chi connectivity index (χ1n) is 7.13. The molecule has 0 aromatic heterocycles. The molecular formula is C17H25NO3. The third kappa shape index (κ3) is 2.67. The maximum Gasteiger partial charge on any atom is 0.146 e. The molecule has 0 radical (unpaired) electrons. The fourth-order valence-corrected chi connectivity index (χ4v) is 3.20. The quantitative estimate of drug-likeness (QED) is 0.642. The first-order valence-corrected chi connectivity index (χ1v) is 7.13. The van der Waals surface area contributed by atoms with E-state index < -0.39 is 0 Å². The van der Waals surface area contributed by atoms with Crippen molar-refractivity contribution in [2.75, 3.05) is 19.5 Å². The highest BCUT2D eigenvalue weighted by molar-refractivity contribution is 5.75. The Bertz CT molecular complexity index is 595. The molecule has 4 nitrogen and oxygen atoms in total. The average Bonchev–Trinajstić information content (AvgIpc) is 2.68. The third-order valence-corrected chi connectivity index (χ3v) is 3.83. The van der Waals surface area contributed by atoms with Gasteiger partial charge in [-0.15, -0.1) is 0 Å². The van der Waals surface area contributed by atoms with Crippen LogP contribution in [0, 0.1) is 10.8 Å². The highest BCUT2D eigenvalue weighted by Crippen LogP contribution is 2.50. The highest BCUT2D eigenvalue weighted by atomic mass is 16.5. The van der Waals surface area contributed by atoms with E-state index in [1.807, 2.05) is 6.07 Å². The molecule has 0 unspecified atom stereocenters. The van der Waals surface area contributed by atoms with Crippen molar-refractivity contribution in [3.63, 3.8) is 0 Å². The van der Waals surface area contributed by atoms with Gasteiger partial charge >= 0.3 is 0 Å². The summed E-state index contributed by atoms with van der Waals surface area (Å²) < 4.78 is 11.2. The summed E-state index contributed by atoms with van der Waals surface area (Å²) in [6, 6.07) is 3.46. The van der Waals surface area contributed by atoms with Gasteiger partial charge in [0.25, 0.3) is 0 Å². The van der Waals surface area contributed by atoms with Crippen LogP contribution < -0.4 is 10.5 Å². The lowest BCUT2D eigenvalue weighted by Gasteiger charge is -2.31. The number of aromatic hydroxyl groups is 1. The zero-order valence-electron chi connectivity index (χ0n) is 13.7. The molecule has 116 valence electrons. The monoisotopic (exact) mass is 291 g/mol. The van der Waals surface area contributed by atoms with Gasteiger partial charge in [0.2, 0.25) is 0 Å². The molecule has 1 aromatic rings. The normalized spacial score (nSPS) is 17.8. The molecule has 4 heteroatoms. The Balaban J connectivity index is 2.67. The number of ether oxygens (including phenoxy) is 2. The van der Waals surface area contributed by atoms with Crippen LogP contribution in [-0.4, -0.2) is 18.8 Å². The number of rotatable bonds is 2. The summed E-state index contributed by atoms with van der Waals surface area (Å²) >= 11 is 0. The minimum atomic E-state index is -0.0438. The highest BCUT2D eigenvalue weighted by Gasteiger charge is 2.41. The molecule has 0 saturated heterocycles. The van der Waals surface area contributed by atoms with E-state index in [2.05, 4.69) is 34.6 Å². The Morgan fingerprint density at radius 2 is 1.90 bits per heavy atom. The number of methoxy groups -OCH3 is 1. The van der Waals surface area contributed by atoms with E-state index in [9.17, 15) is 5.11 Å². The van der Waals surface area contributed by atoms with Crippen LogP contribution >= 0.6 is 0 Å². The van der Waals surface area contributed by atoms with Gasteiger partial charge in [-0.3, -0.25) is 0 Å². The van der Waals surface area contributed by atoms with Crippen LogP contribution in [0.2, 0.25) is 0 Å². The summed E-state index contributed by atoms with van der Waals surface area (Å²) in [6.45, 7) is 11.5. The van der Waals surface area contributed by atoms with Gasteiger partial charge in [-0.05, 0) is 23.1 Å². The van der Waals surface area contributed by atoms with Gasteiger partial charge in [0.05, 0.1) is 13.7 Å². The molecule has 1 aliphatic rings. The molecule has 21 heavy (non-hydrogen) atoms. The maximum atomic E-state index is 10.0. The zero-order chi connectivity index (χ0) is 16.0. The fraction of sp³-hybridized carbons (Fsp3) is 0.529. The number of anilines is 1. The average molecular weight is 291 g/mol. The summed E-state index contributed by atoms with van der Waals surface area (Å²) in [5.74, 6) is 1.29. The minimum Gasteiger partial charge on any atom is -0.506 e. The molecular weight excluding hydrogens is 266 g/mol. The topological polar surface area (TPSA) is 64.7 Å². The summed E-state index contributed by atoms with van der Waals surface area (Å²) in [4.78, 5) is 0. The molecule has 0 saturated carbocycles. The van der Waals surface area contributed by atoms with E-state index >= 15 is 0 Å². The van der Waals surface area contributed by atoms with Crippen LogP contribution in [0.4, 0.5) is 5.69 Å². The molecule has 0 atom stereocenters. The van der Waals surface area contributed by atoms with E-state index in [0.717, 1.165) is 11.3 Å². The Morgan fingerprint density at radius 3 is 2.43 bits per heavy atom. The Hall–Kier alpha value is -1.84. The minimum absolute atomic E-state index is 0.0124. The van der Waals surface area contributed by atoms with Crippen molar-refractivity contribution < 1.29 is 14.6 Å². The summed E-state index contributed by atoms with van der Waals surface area (Å²) in [7, 11) is 1.54. The fourth-order valence-electron chi connectivity index (χ4n) is 3.20. The van der Waals surface area contributed by atoms with E-state index in [1.165, 1.54) is 12.7 Å². The molecule has 0 spiro atoms. The van der Waals surface area contributed by atoms with Gasteiger partial charge in [0.1, 0.15) is 22.9 Å². The second-order valence-electron chi connectivity index (χ2n) is 7.24. The molecule has 0 amide bonds. The Kier molecular flexibility index (Phi) is 3.60. The lowest BCUT2D eigenvalue weighted by molar-refractivity contribution is 0.213. The van der Waals surface area contributed by atoms with Crippen LogP contribution in [0.25, 0.3) is 5.76 Å². The van der Waals surface area contributed by atoms with Crippen molar-refractivity contribution in [1.82, 2.24) is 0 Å². The summed E-state index contributed by atoms with van der Waals surface area (Å²) in [5, 5.41) is 10.0. The molecule has 2 rings (SSSR count). The number of nitrogen functional groups attached to an aromatic ring is 1. The predicted molar refractivity (Wildman–Crippen MR) is 85.2 cm³/mol. The van der Waals surface area contributed by atoms with Gasteiger partial charge in [-0.2, -0.15) is 0 Å². The van der Waals surface area contributed by atoms with Gasteiger partial charge in [-0.1, -0.05) is 34.6 Å². The van der Waals surface area contributed by atoms with Gasteiger partial charge in [-0.25, -0.2) is 0 Å². The molecule has 0 aliphatic carbocycles. The van der Waals surface area contributed by atoms with E-state index in [1.54, 1.807) is 6.07 Å². The molecule has 0 bridgehead atoms. The largest absolute Gasteiger partial charge is 0.506 e. The first kappa shape index (κ1) is 15.5. The van der Waals surface area contributed by atoms with E-state index in [4.69, 9.17) is 15.2 Å². The van der Waals surface area contributed by atoms with Crippen molar-refractivity contribution in [2.24, 2.45) is 10.8 Å².